The average Bonchev–Trinajstić information content (AvgIpc) is 2.99. The number of guanidine groups is 1. The second-order valence-corrected chi connectivity index (χ2v) is 8.02. The number of halogens is 1. The van der Waals surface area contributed by atoms with Crippen molar-refractivity contribution < 1.29 is 18.7 Å². The van der Waals surface area contributed by atoms with E-state index in [4.69, 9.17) is 15.2 Å². The van der Waals surface area contributed by atoms with Gasteiger partial charge in [-0.25, -0.2) is 9.98 Å². The number of aromatic nitrogens is 1. The number of benzene rings is 2. The third-order valence-corrected chi connectivity index (χ3v) is 5.61. The van der Waals surface area contributed by atoms with E-state index in [1.54, 1.807) is 55.6 Å². The molecule has 0 radical (unpaired) electrons. The van der Waals surface area contributed by atoms with Crippen LogP contribution >= 0.6 is 0 Å². The lowest BCUT2D eigenvalue weighted by molar-refractivity contribution is -0.129. The van der Waals surface area contributed by atoms with Crippen LogP contribution in [0.5, 0.6) is 17.2 Å². The molecule has 0 aliphatic carbocycles. The minimum Gasteiger partial charge on any atom is -0.491 e. The number of aliphatic imine (C=N–C) groups is 1. The highest BCUT2D eigenvalue weighted by Crippen LogP contribution is 2.53. The zero-order valence-corrected chi connectivity index (χ0v) is 17.8. The summed E-state index contributed by atoms with van der Waals surface area (Å²) in [5, 5.41) is 0. The first-order valence-electron chi connectivity index (χ1n) is 10.2. The highest BCUT2D eigenvalue weighted by atomic mass is 19.1. The number of hydrogen-bond donors (Lipinski definition) is 1. The standard InChI is InChI=1S/C24H21FN4O3/c1-13(2)31-15-7-9-20-18(12-15)24(22(30)29(3)23(26)28-24)17-11-14(6-8-19(17)32-20)16-5-4-10-27-21(16)25/h4-13H,1-3H3,(H2,26,28). The molecule has 2 N–H and O–H groups in total. The van der Waals surface area contributed by atoms with Crippen LogP contribution in [0.15, 0.2) is 59.7 Å². The van der Waals surface area contributed by atoms with Crippen molar-refractivity contribution in [3.05, 3.63) is 71.8 Å². The van der Waals surface area contributed by atoms with E-state index >= 15 is 0 Å². The van der Waals surface area contributed by atoms with Crippen molar-refractivity contribution >= 4 is 11.9 Å². The maximum atomic E-state index is 14.4. The van der Waals surface area contributed by atoms with Crippen molar-refractivity contribution in [2.75, 3.05) is 7.05 Å². The van der Waals surface area contributed by atoms with Crippen LogP contribution in [0.2, 0.25) is 0 Å². The largest absolute Gasteiger partial charge is 0.491 e. The average molecular weight is 432 g/mol. The maximum Gasteiger partial charge on any atom is 0.266 e. The molecule has 1 spiro atoms. The molecular formula is C24H21FN4O3. The quantitative estimate of drug-likeness (QED) is 0.636. The van der Waals surface area contributed by atoms with Gasteiger partial charge in [0, 0.05) is 29.9 Å². The van der Waals surface area contributed by atoms with E-state index in [1.807, 2.05) is 13.8 Å². The molecule has 0 saturated heterocycles. The first kappa shape index (κ1) is 20.0. The van der Waals surface area contributed by atoms with E-state index in [0.29, 0.717) is 39.5 Å². The predicted molar refractivity (Wildman–Crippen MR) is 117 cm³/mol. The van der Waals surface area contributed by atoms with Gasteiger partial charge in [-0.05, 0) is 61.9 Å². The molecule has 3 aromatic rings. The Morgan fingerprint density at radius 3 is 2.50 bits per heavy atom. The molecule has 8 heteroatoms. The molecule has 1 atom stereocenters. The monoisotopic (exact) mass is 432 g/mol. The minimum absolute atomic E-state index is 0.0588. The summed E-state index contributed by atoms with van der Waals surface area (Å²) in [6, 6.07) is 13.7. The van der Waals surface area contributed by atoms with Gasteiger partial charge in [-0.3, -0.25) is 9.69 Å². The van der Waals surface area contributed by atoms with Crippen LogP contribution in [0.25, 0.3) is 11.1 Å². The SMILES string of the molecule is CC(C)Oc1ccc2c(c1)C1(N=C(N)N(C)C1=O)c1cc(-c3cccnc3F)ccc1O2. The normalized spacial score (nSPS) is 19.0. The Hall–Kier alpha value is -3.94. The number of nitrogens with two attached hydrogens (primary N) is 1. The summed E-state index contributed by atoms with van der Waals surface area (Å²) in [5.74, 6) is 0.658. The van der Waals surface area contributed by atoms with Gasteiger partial charge in [-0.15, -0.1) is 0 Å². The Morgan fingerprint density at radius 2 is 1.84 bits per heavy atom. The number of carbonyl (C=O) groups excluding carboxylic acids is 1. The number of carbonyl (C=O) groups is 1. The predicted octanol–water partition coefficient (Wildman–Crippen LogP) is 3.81. The lowest BCUT2D eigenvalue weighted by Crippen LogP contribution is -2.42. The fourth-order valence-corrected chi connectivity index (χ4v) is 4.15. The zero-order chi connectivity index (χ0) is 22.6. The molecule has 1 aromatic heterocycles. The highest BCUT2D eigenvalue weighted by Gasteiger charge is 2.54. The topological polar surface area (TPSA) is 90.0 Å². The molecule has 0 bridgehead atoms. The third-order valence-electron chi connectivity index (χ3n) is 5.61. The van der Waals surface area contributed by atoms with Gasteiger partial charge in [0.1, 0.15) is 17.2 Å². The summed E-state index contributed by atoms with van der Waals surface area (Å²) in [7, 11) is 1.57. The molecule has 0 saturated carbocycles. The van der Waals surface area contributed by atoms with Crippen molar-refractivity contribution in [3.8, 4) is 28.4 Å². The summed E-state index contributed by atoms with van der Waals surface area (Å²) in [6.07, 6.45) is 1.32. The first-order chi connectivity index (χ1) is 15.3. The molecule has 1 unspecified atom stereocenters. The fourth-order valence-electron chi connectivity index (χ4n) is 4.15. The number of amides is 1. The molecule has 2 aliphatic rings. The molecule has 3 heterocycles. The molecule has 1 amide bonds. The second-order valence-electron chi connectivity index (χ2n) is 8.02. The summed E-state index contributed by atoms with van der Waals surface area (Å²) in [6.45, 7) is 3.83. The summed E-state index contributed by atoms with van der Waals surface area (Å²) < 4.78 is 26.4. The number of nitrogens with zero attached hydrogens (tertiary/aromatic N) is 3. The van der Waals surface area contributed by atoms with Crippen LogP contribution in [0.3, 0.4) is 0 Å². The van der Waals surface area contributed by atoms with Crippen molar-refractivity contribution in [1.82, 2.24) is 9.88 Å². The van der Waals surface area contributed by atoms with Gasteiger partial charge in [0.2, 0.25) is 11.5 Å². The highest BCUT2D eigenvalue weighted by molar-refractivity contribution is 6.10. The molecule has 0 fully saturated rings. The van der Waals surface area contributed by atoms with Gasteiger partial charge in [-0.1, -0.05) is 6.07 Å². The summed E-state index contributed by atoms with van der Waals surface area (Å²) >= 11 is 0. The van der Waals surface area contributed by atoms with Crippen molar-refractivity contribution in [2.45, 2.75) is 25.5 Å². The third kappa shape index (κ3) is 2.83. The molecular weight excluding hydrogens is 411 g/mol. The van der Waals surface area contributed by atoms with E-state index in [-0.39, 0.29) is 18.0 Å². The maximum absolute atomic E-state index is 14.4. The van der Waals surface area contributed by atoms with Gasteiger partial charge >= 0.3 is 0 Å². The Kier molecular flexibility index (Phi) is 4.40. The number of ether oxygens (including phenoxy) is 2. The Labute approximate surface area is 184 Å². The minimum atomic E-state index is -1.47. The zero-order valence-electron chi connectivity index (χ0n) is 17.8. The molecule has 2 aliphatic heterocycles. The van der Waals surface area contributed by atoms with Gasteiger partial charge in [0.15, 0.2) is 5.96 Å². The summed E-state index contributed by atoms with van der Waals surface area (Å²) in [5.41, 5.74) is 6.48. The Bertz CT molecular complexity index is 1290. The summed E-state index contributed by atoms with van der Waals surface area (Å²) in [4.78, 5) is 23.3. The lowest BCUT2D eigenvalue weighted by atomic mass is 9.79. The van der Waals surface area contributed by atoms with E-state index in [9.17, 15) is 9.18 Å². The van der Waals surface area contributed by atoms with Crippen molar-refractivity contribution in [3.63, 3.8) is 0 Å². The van der Waals surface area contributed by atoms with E-state index < -0.39 is 11.5 Å². The number of fused-ring (bicyclic) bond motifs is 4. The molecule has 5 rings (SSSR count). The van der Waals surface area contributed by atoms with E-state index in [2.05, 4.69) is 9.98 Å². The van der Waals surface area contributed by atoms with Gasteiger partial charge < -0.3 is 15.2 Å². The fraction of sp³-hybridized carbons (Fsp3) is 0.208. The molecule has 2 aromatic carbocycles. The van der Waals surface area contributed by atoms with Crippen LogP contribution in [-0.4, -0.2) is 34.9 Å². The number of pyridine rings is 1. The Morgan fingerprint density at radius 1 is 1.12 bits per heavy atom. The van der Waals surface area contributed by atoms with Gasteiger partial charge in [-0.2, -0.15) is 4.39 Å². The number of rotatable bonds is 3. The smallest absolute Gasteiger partial charge is 0.266 e. The lowest BCUT2D eigenvalue weighted by Gasteiger charge is -2.34. The second kappa shape index (κ2) is 7.05. The van der Waals surface area contributed by atoms with Crippen molar-refractivity contribution in [1.29, 1.82) is 0 Å². The van der Waals surface area contributed by atoms with Crippen LogP contribution in [0.4, 0.5) is 4.39 Å². The molecule has 32 heavy (non-hydrogen) atoms. The van der Waals surface area contributed by atoms with Crippen molar-refractivity contribution in [2.24, 2.45) is 10.7 Å². The van der Waals surface area contributed by atoms with Crippen LogP contribution < -0.4 is 15.2 Å². The molecule has 162 valence electrons. The van der Waals surface area contributed by atoms with E-state index in [1.165, 1.54) is 11.1 Å². The number of likely N-dealkylation sites (N-methyl/N-ethyl adjacent to an activating group) is 1. The van der Waals surface area contributed by atoms with Crippen LogP contribution in [0, 0.1) is 5.95 Å². The number of hydrogen-bond acceptors (Lipinski definition) is 6. The van der Waals surface area contributed by atoms with Crippen LogP contribution in [0.1, 0.15) is 25.0 Å². The molecule has 7 nitrogen and oxygen atoms in total. The van der Waals surface area contributed by atoms with Gasteiger partial charge in [0.05, 0.1) is 6.10 Å². The van der Waals surface area contributed by atoms with E-state index in [0.717, 1.165) is 0 Å². The first-order valence-corrected chi connectivity index (χ1v) is 10.2. The van der Waals surface area contributed by atoms with Crippen LogP contribution in [-0.2, 0) is 10.3 Å². The Balaban J connectivity index is 1.77. The van der Waals surface area contributed by atoms with Gasteiger partial charge in [0.25, 0.3) is 5.91 Å².